The van der Waals surface area contributed by atoms with Crippen LogP contribution in [0.4, 0.5) is 11.4 Å². The zero-order chi connectivity index (χ0) is 19.3. The van der Waals surface area contributed by atoms with Gasteiger partial charge in [0, 0.05) is 24.5 Å². The van der Waals surface area contributed by atoms with Gasteiger partial charge in [-0.2, -0.15) is 4.31 Å². The number of nitrogens with zero attached hydrogens (tertiary/aromatic N) is 1. The lowest BCUT2D eigenvalue weighted by atomic mass is 10.1. The molecule has 1 aliphatic rings. The van der Waals surface area contributed by atoms with Gasteiger partial charge in [-0.15, -0.1) is 0 Å². The van der Waals surface area contributed by atoms with Gasteiger partial charge in [0.15, 0.2) is 5.11 Å². The van der Waals surface area contributed by atoms with Crippen LogP contribution in [0.3, 0.4) is 0 Å². The van der Waals surface area contributed by atoms with E-state index in [2.05, 4.69) is 17.6 Å². The van der Waals surface area contributed by atoms with Crippen LogP contribution in [0.5, 0.6) is 0 Å². The fourth-order valence-corrected chi connectivity index (χ4v) is 4.48. The van der Waals surface area contributed by atoms with Crippen LogP contribution in [0.25, 0.3) is 0 Å². The summed E-state index contributed by atoms with van der Waals surface area (Å²) >= 11 is 5.34. The van der Waals surface area contributed by atoms with Gasteiger partial charge in [0.2, 0.25) is 10.0 Å². The maximum Gasteiger partial charge on any atom is 0.243 e. The Morgan fingerprint density at radius 1 is 1.07 bits per heavy atom. The van der Waals surface area contributed by atoms with Crippen LogP contribution in [0.2, 0.25) is 0 Å². The van der Waals surface area contributed by atoms with E-state index in [-0.39, 0.29) is 4.90 Å². The minimum absolute atomic E-state index is 0.240. The molecule has 8 heteroatoms. The van der Waals surface area contributed by atoms with E-state index < -0.39 is 10.0 Å². The predicted octanol–water partition coefficient (Wildman–Crippen LogP) is 3.08. The highest BCUT2D eigenvalue weighted by molar-refractivity contribution is 7.89. The van der Waals surface area contributed by atoms with Crippen molar-refractivity contribution < 1.29 is 13.2 Å². The summed E-state index contributed by atoms with van der Waals surface area (Å²) in [5, 5.41) is 6.56. The van der Waals surface area contributed by atoms with Gasteiger partial charge in [0.05, 0.1) is 18.1 Å². The number of hydrogen-bond donors (Lipinski definition) is 2. The first-order chi connectivity index (χ1) is 13.0. The standard InChI is InChI=1S/C19H23N3O3S2/c1-2-15-6-8-16(9-7-15)20-19(26)21-17-4-3-5-18(14-17)27(23,24)22-10-12-25-13-11-22/h3-9,14H,2,10-13H2,1H3,(H2,20,21,26). The van der Waals surface area contributed by atoms with E-state index in [0.29, 0.717) is 37.1 Å². The van der Waals surface area contributed by atoms with E-state index in [9.17, 15) is 8.42 Å². The van der Waals surface area contributed by atoms with Crippen LogP contribution in [-0.2, 0) is 21.2 Å². The van der Waals surface area contributed by atoms with Crippen molar-refractivity contribution >= 4 is 38.7 Å². The van der Waals surface area contributed by atoms with E-state index in [1.807, 2.05) is 24.3 Å². The summed E-state index contributed by atoms with van der Waals surface area (Å²) in [7, 11) is -3.54. The van der Waals surface area contributed by atoms with Gasteiger partial charge < -0.3 is 15.4 Å². The molecule has 0 aromatic heterocycles. The van der Waals surface area contributed by atoms with Gasteiger partial charge in [-0.25, -0.2) is 8.42 Å². The number of aryl methyl sites for hydroxylation is 1. The SMILES string of the molecule is CCc1ccc(NC(=S)Nc2cccc(S(=O)(=O)N3CCOCC3)c2)cc1. The van der Waals surface area contributed by atoms with Crippen LogP contribution >= 0.6 is 12.2 Å². The Balaban J connectivity index is 1.68. The summed E-state index contributed by atoms with van der Waals surface area (Å²) in [5.41, 5.74) is 2.74. The second-order valence-corrected chi connectivity index (χ2v) is 8.52. The van der Waals surface area contributed by atoms with Crippen molar-refractivity contribution in [2.24, 2.45) is 0 Å². The number of ether oxygens (including phenoxy) is 1. The van der Waals surface area contributed by atoms with Gasteiger partial charge in [0.25, 0.3) is 0 Å². The molecular weight excluding hydrogens is 382 g/mol. The lowest BCUT2D eigenvalue weighted by Gasteiger charge is -2.26. The fourth-order valence-electron chi connectivity index (χ4n) is 2.79. The normalized spacial score (nSPS) is 15.3. The Morgan fingerprint density at radius 3 is 2.41 bits per heavy atom. The summed E-state index contributed by atoms with van der Waals surface area (Å²) in [6.45, 7) is 3.68. The highest BCUT2D eigenvalue weighted by atomic mass is 32.2. The quantitative estimate of drug-likeness (QED) is 0.745. The van der Waals surface area contributed by atoms with Crippen molar-refractivity contribution in [3.05, 3.63) is 54.1 Å². The topological polar surface area (TPSA) is 70.7 Å². The zero-order valence-corrected chi connectivity index (χ0v) is 16.8. The summed E-state index contributed by atoms with van der Waals surface area (Å²) < 4.78 is 32.2. The Hall–Kier alpha value is -2.00. The van der Waals surface area contributed by atoms with Gasteiger partial charge >= 0.3 is 0 Å². The molecule has 1 fully saturated rings. The minimum Gasteiger partial charge on any atom is -0.379 e. The van der Waals surface area contributed by atoms with Crippen molar-refractivity contribution in [3.63, 3.8) is 0 Å². The molecule has 144 valence electrons. The molecule has 6 nitrogen and oxygen atoms in total. The van der Waals surface area contributed by atoms with Gasteiger partial charge in [0.1, 0.15) is 0 Å². The number of sulfonamides is 1. The highest BCUT2D eigenvalue weighted by Gasteiger charge is 2.26. The molecule has 1 heterocycles. The summed E-state index contributed by atoms with van der Waals surface area (Å²) in [4.78, 5) is 0.240. The van der Waals surface area contributed by atoms with Crippen LogP contribution in [0.15, 0.2) is 53.4 Å². The molecule has 0 atom stereocenters. The number of morpholine rings is 1. The third-order valence-corrected chi connectivity index (χ3v) is 6.42. The Morgan fingerprint density at radius 2 is 1.74 bits per heavy atom. The number of thiocarbonyl (C=S) groups is 1. The highest BCUT2D eigenvalue weighted by Crippen LogP contribution is 2.21. The van der Waals surface area contributed by atoms with E-state index in [1.54, 1.807) is 24.3 Å². The average molecular weight is 406 g/mol. The third-order valence-electron chi connectivity index (χ3n) is 4.32. The molecule has 0 radical (unpaired) electrons. The molecule has 0 bridgehead atoms. The van der Waals surface area contributed by atoms with Crippen molar-refractivity contribution in [2.45, 2.75) is 18.2 Å². The fraction of sp³-hybridized carbons (Fsp3) is 0.316. The van der Waals surface area contributed by atoms with E-state index in [0.717, 1.165) is 12.1 Å². The lowest BCUT2D eigenvalue weighted by Crippen LogP contribution is -2.40. The minimum atomic E-state index is -3.54. The summed E-state index contributed by atoms with van der Waals surface area (Å²) in [5.74, 6) is 0. The maximum atomic E-state index is 12.8. The lowest BCUT2D eigenvalue weighted by molar-refractivity contribution is 0.0730. The molecule has 1 saturated heterocycles. The number of nitrogens with one attached hydrogen (secondary N) is 2. The maximum absolute atomic E-state index is 12.8. The van der Waals surface area contributed by atoms with Crippen molar-refractivity contribution in [1.29, 1.82) is 0 Å². The van der Waals surface area contributed by atoms with E-state index in [1.165, 1.54) is 9.87 Å². The second-order valence-electron chi connectivity index (χ2n) is 6.17. The molecular formula is C19H23N3O3S2. The Bertz CT molecular complexity index is 893. The van der Waals surface area contributed by atoms with Crippen LogP contribution in [-0.4, -0.2) is 44.1 Å². The van der Waals surface area contributed by atoms with Gasteiger partial charge in [-0.3, -0.25) is 0 Å². The van der Waals surface area contributed by atoms with Gasteiger partial charge in [-0.05, 0) is 54.5 Å². The summed E-state index contributed by atoms with van der Waals surface area (Å²) in [6.07, 6.45) is 0.980. The number of benzene rings is 2. The molecule has 0 unspecified atom stereocenters. The molecule has 2 N–H and O–H groups in total. The van der Waals surface area contributed by atoms with Crippen molar-refractivity contribution in [1.82, 2.24) is 4.31 Å². The number of hydrogen-bond acceptors (Lipinski definition) is 4. The zero-order valence-electron chi connectivity index (χ0n) is 15.1. The first-order valence-electron chi connectivity index (χ1n) is 8.84. The van der Waals surface area contributed by atoms with Crippen molar-refractivity contribution in [2.75, 3.05) is 36.9 Å². The molecule has 3 rings (SSSR count). The van der Waals surface area contributed by atoms with E-state index >= 15 is 0 Å². The third kappa shape index (κ3) is 5.04. The Kier molecular flexibility index (Phi) is 6.43. The van der Waals surface area contributed by atoms with Gasteiger partial charge in [-0.1, -0.05) is 25.1 Å². The first-order valence-corrected chi connectivity index (χ1v) is 10.7. The predicted molar refractivity (Wildman–Crippen MR) is 112 cm³/mol. The largest absolute Gasteiger partial charge is 0.379 e. The molecule has 0 spiro atoms. The molecule has 2 aromatic rings. The molecule has 1 aliphatic heterocycles. The molecule has 0 saturated carbocycles. The monoisotopic (exact) mass is 405 g/mol. The average Bonchev–Trinajstić information content (AvgIpc) is 2.69. The van der Waals surface area contributed by atoms with Crippen molar-refractivity contribution in [3.8, 4) is 0 Å². The van der Waals surface area contributed by atoms with Crippen LogP contribution in [0, 0.1) is 0 Å². The number of anilines is 2. The molecule has 2 aromatic carbocycles. The Labute approximate surface area is 165 Å². The summed E-state index contributed by atoms with van der Waals surface area (Å²) in [6, 6.07) is 14.7. The molecule has 0 amide bonds. The molecule has 0 aliphatic carbocycles. The van der Waals surface area contributed by atoms with Crippen LogP contribution < -0.4 is 10.6 Å². The second kappa shape index (κ2) is 8.79. The van der Waals surface area contributed by atoms with E-state index in [4.69, 9.17) is 17.0 Å². The molecule has 27 heavy (non-hydrogen) atoms. The first kappa shape index (κ1) is 19.8. The van der Waals surface area contributed by atoms with Crippen LogP contribution in [0.1, 0.15) is 12.5 Å². The smallest absolute Gasteiger partial charge is 0.243 e. The number of rotatable bonds is 5.